The molecule has 1 aliphatic heterocycles. The second kappa shape index (κ2) is 8.63. The normalized spacial score (nSPS) is 13.0. The number of rotatable bonds is 6. The molecule has 0 radical (unpaired) electrons. The number of pyridine rings is 1. The third-order valence-electron chi connectivity index (χ3n) is 5.25. The van der Waals surface area contributed by atoms with Crippen LogP contribution in [0.2, 0.25) is 0 Å². The van der Waals surface area contributed by atoms with Crippen molar-refractivity contribution in [2.75, 3.05) is 18.5 Å². The maximum absolute atomic E-state index is 5.98. The summed E-state index contributed by atoms with van der Waals surface area (Å²) < 4.78 is 11.5. The number of hydrogen-bond acceptors (Lipinski definition) is 7. The molecule has 0 saturated carbocycles. The largest absolute Gasteiger partial charge is 0.479 e. The summed E-state index contributed by atoms with van der Waals surface area (Å²) in [5, 5.41) is 4.38. The van der Waals surface area contributed by atoms with Crippen LogP contribution in [0.25, 0.3) is 10.9 Å². The summed E-state index contributed by atoms with van der Waals surface area (Å²) >= 11 is 0. The smallest absolute Gasteiger partial charge is 0.187 e. The van der Waals surface area contributed by atoms with Crippen molar-refractivity contribution < 1.29 is 9.47 Å². The maximum Gasteiger partial charge on any atom is 0.187 e. The Morgan fingerprint density at radius 1 is 1.00 bits per heavy atom. The minimum atomic E-state index is 0.665. The molecule has 1 N–H and O–H groups in total. The van der Waals surface area contributed by atoms with E-state index in [0.29, 0.717) is 18.8 Å². The van der Waals surface area contributed by atoms with Crippen LogP contribution >= 0.6 is 0 Å². The van der Waals surface area contributed by atoms with Gasteiger partial charge in [0.15, 0.2) is 5.90 Å². The third kappa shape index (κ3) is 4.37. The molecule has 0 fully saturated rings. The summed E-state index contributed by atoms with van der Waals surface area (Å²) in [6, 6.07) is 16.0. The molecular weight excluding hydrogens is 402 g/mol. The van der Waals surface area contributed by atoms with Crippen molar-refractivity contribution in [2.45, 2.75) is 20.3 Å². The van der Waals surface area contributed by atoms with Crippen LogP contribution in [0.15, 0.2) is 66.0 Å². The zero-order valence-electron chi connectivity index (χ0n) is 18.0. The topological polar surface area (TPSA) is 81.5 Å². The number of nitrogens with zero attached hydrogens (tertiary/aromatic N) is 4. The first-order chi connectivity index (χ1) is 15.6. The average Bonchev–Trinajstić information content (AvgIpc) is 3.30. The first-order valence-electron chi connectivity index (χ1n) is 10.5. The lowest BCUT2D eigenvalue weighted by Gasteiger charge is -2.13. The summed E-state index contributed by atoms with van der Waals surface area (Å²) in [4.78, 5) is 17.5. The first-order valence-corrected chi connectivity index (χ1v) is 10.5. The lowest BCUT2D eigenvalue weighted by Crippen LogP contribution is -2.04. The Labute approximate surface area is 186 Å². The van der Waals surface area contributed by atoms with Crippen LogP contribution in [-0.4, -0.2) is 34.0 Å². The lowest BCUT2D eigenvalue weighted by atomic mass is 10.1. The fourth-order valence-electron chi connectivity index (χ4n) is 3.59. The molecule has 0 spiro atoms. The molecular formula is C25H23N5O2. The standard InChI is InChI=1S/C25H23N5O2/c1-16-11-19(5-8-23(16)32-20-6-3-17(2)27-14-20)30-25-21-12-18(13-24-26-9-10-31-24)4-7-22(21)28-15-29-25/h3-8,11-12,14-15H,9-10,13H2,1-2H3,(H,28,29,30). The zero-order chi connectivity index (χ0) is 21.9. The van der Waals surface area contributed by atoms with E-state index in [2.05, 4.69) is 37.4 Å². The molecule has 0 atom stereocenters. The van der Waals surface area contributed by atoms with E-state index in [1.54, 1.807) is 12.5 Å². The number of nitrogens with one attached hydrogen (secondary N) is 1. The number of aryl methyl sites for hydroxylation is 2. The molecule has 2 aromatic heterocycles. The van der Waals surface area contributed by atoms with Crippen LogP contribution in [0.4, 0.5) is 11.5 Å². The van der Waals surface area contributed by atoms with E-state index in [4.69, 9.17) is 9.47 Å². The molecule has 3 heterocycles. The Balaban J connectivity index is 1.38. The summed E-state index contributed by atoms with van der Waals surface area (Å²) in [6.07, 6.45) is 3.97. The summed E-state index contributed by atoms with van der Waals surface area (Å²) in [6.45, 7) is 5.36. The Hall–Kier alpha value is -4.00. The van der Waals surface area contributed by atoms with Gasteiger partial charge in [0.05, 0.1) is 18.3 Å². The summed E-state index contributed by atoms with van der Waals surface area (Å²) in [5.41, 5.74) is 4.88. The number of hydrogen-bond donors (Lipinski definition) is 1. The second-order valence-electron chi connectivity index (χ2n) is 7.72. The van der Waals surface area contributed by atoms with Crippen LogP contribution in [0.5, 0.6) is 11.5 Å². The Morgan fingerprint density at radius 3 is 2.72 bits per heavy atom. The monoisotopic (exact) mass is 425 g/mol. The quantitative estimate of drug-likeness (QED) is 0.460. The molecule has 160 valence electrons. The van der Waals surface area contributed by atoms with Gasteiger partial charge in [-0.3, -0.25) is 9.98 Å². The van der Waals surface area contributed by atoms with Gasteiger partial charge >= 0.3 is 0 Å². The number of aromatic nitrogens is 3. The van der Waals surface area contributed by atoms with Crippen LogP contribution in [0, 0.1) is 13.8 Å². The zero-order valence-corrected chi connectivity index (χ0v) is 18.0. The minimum Gasteiger partial charge on any atom is -0.479 e. The first kappa shape index (κ1) is 19.9. The molecule has 7 heteroatoms. The van der Waals surface area contributed by atoms with Gasteiger partial charge in [0.25, 0.3) is 0 Å². The molecule has 5 rings (SSSR count). The molecule has 0 amide bonds. The molecule has 1 aliphatic rings. The highest BCUT2D eigenvalue weighted by atomic mass is 16.5. The van der Waals surface area contributed by atoms with Gasteiger partial charge in [0.1, 0.15) is 30.3 Å². The van der Waals surface area contributed by atoms with Gasteiger partial charge in [-0.15, -0.1) is 0 Å². The number of ether oxygens (including phenoxy) is 2. The SMILES string of the molecule is Cc1ccc(Oc2ccc(Nc3ncnc4ccc(CC5=NCCO5)cc34)cc2C)cn1. The molecule has 32 heavy (non-hydrogen) atoms. The van der Waals surface area contributed by atoms with Crippen molar-refractivity contribution in [1.29, 1.82) is 0 Å². The van der Waals surface area contributed by atoms with E-state index in [9.17, 15) is 0 Å². The number of benzene rings is 2. The summed E-state index contributed by atoms with van der Waals surface area (Å²) in [7, 11) is 0. The van der Waals surface area contributed by atoms with Crippen molar-refractivity contribution in [2.24, 2.45) is 4.99 Å². The molecule has 0 aliphatic carbocycles. The van der Waals surface area contributed by atoms with Gasteiger partial charge in [0.2, 0.25) is 0 Å². The fourth-order valence-corrected chi connectivity index (χ4v) is 3.59. The van der Waals surface area contributed by atoms with Crippen molar-refractivity contribution in [3.8, 4) is 11.5 Å². The number of anilines is 2. The van der Waals surface area contributed by atoms with Gasteiger partial charge in [-0.25, -0.2) is 9.97 Å². The van der Waals surface area contributed by atoms with Gasteiger partial charge in [-0.2, -0.15) is 0 Å². The van der Waals surface area contributed by atoms with Crippen molar-refractivity contribution in [3.63, 3.8) is 0 Å². The van der Waals surface area contributed by atoms with E-state index in [1.807, 2.05) is 50.2 Å². The van der Waals surface area contributed by atoms with E-state index in [-0.39, 0.29) is 0 Å². The van der Waals surface area contributed by atoms with Crippen LogP contribution in [0.3, 0.4) is 0 Å². The van der Waals surface area contributed by atoms with Crippen LogP contribution in [-0.2, 0) is 11.2 Å². The second-order valence-corrected chi connectivity index (χ2v) is 7.72. The number of aliphatic imine (C=N–C) groups is 1. The fraction of sp³-hybridized carbons (Fsp3) is 0.200. The van der Waals surface area contributed by atoms with Gasteiger partial charge in [-0.05, 0) is 67.4 Å². The lowest BCUT2D eigenvalue weighted by molar-refractivity contribution is 0.341. The van der Waals surface area contributed by atoms with Gasteiger partial charge in [0, 0.05) is 23.2 Å². The van der Waals surface area contributed by atoms with E-state index >= 15 is 0 Å². The molecule has 0 unspecified atom stereocenters. The highest BCUT2D eigenvalue weighted by Crippen LogP contribution is 2.30. The average molecular weight is 425 g/mol. The molecule has 0 bridgehead atoms. The Kier molecular flexibility index (Phi) is 5.37. The highest BCUT2D eigenvalue weighted by molar-refractivity contribution is 5.92. The van der Waals surface area contributed by atoms with Crippen molar-refractivity contribution in [3.05, 3.63) is 77.9 Å². The van der Waals surface area contributed by atoms with E-state index in [0.717, 1.165) is 57.4 Å². The maximum atomic E-state index is 5.98. The van der Waals surface area contributed by atoms with Crippen LogP contribution in [0.1, 0.15) is 16.8 Å². The predicted molar refractivity (Wildman–Crippen MR) is 125 cm³/mol. The van der Waals surface area contributed by atoms with Crippen molar-refractivity contribution in [1.82, 2.24) is 15.0 Å². The van der Waals surface area contributed by atoms with Gasteiger partial charge in [-0.1, -0.05) is 6.07 Å². The van der Waals surface area contributed by atoms with E-state index < -0.39 is 0 Å². The third-order valence-corrected chi connectivity index (χ3v) is 5.25. The van der Waals surface area contributed by atoms with Crippen molar-refractivity contribution >= 4 is 28.3 Å². The predicted octanol–water partition coefficient (Wildman–Crippen LogP) is 5.15. The highest BCUT2D eigenvalue weighted by Gasteiger charge is 2.11. The Morgan fingerprint density at radius 2 is 1.94 bits per heavy atom. The number of fused-ring (bicyclic) bond motifs is 1. The molecule has 4 aromatic rings. The van der Waals surface area contributed by atoms with Crippen LogP contribution < -0.4 is 10.1 Å². The minimum absolute atomic E-state index is 0.665. The molecule has 7 nitrogen and oxygen atoms in total. The van der Waals surface area contributed by atoms with E-state index in [1.165, 1.54) is 0 Å². The Bertz CT molecular complexity index is 1300. The molecule has 2 aromatic carbocycles. The summed E-state index contributed by atoms with van der Waals surface area (Å²) in [5.74, 6) is 3.03. The molecule has 0 saturated heterocycles. The van der Waals surface area contributed by atoms with Gasteiger partial charge < -0.3 is 14.8 Å².